The third-order valence-electron chi connectivity index (χ3n) is 3.72. The topological polar surface area (TPSA) is 23.8 Å². The van der Waals surface area contributed by atoms with Crippen LogP contribution in [0.25, 0.3) is 5.65 Å². The first-order valence-electron chi connectivity index (χ1n) is 6.98. The Hall–Kier alpha value is -1.36. The van der Waals surface area contributed by atoms with Gasteiger partial charge in [-0.25, -0.2) is 4.98 Å². The van der Waals surface area contributed by atoms with Crippen molar-refractivity contribution in [2.75, 3.05) is 32.7 Å². The number of hydrogen-bond acceptors (Lipinski definition) is 3. The highest BCUT2D eigenvalue weighted by molar-refractivity contribution is 6.25. The number of hydrogen-bond donors (Lipinski definition) is 0. The monoisotopic (exact) mass is 290 g/mol. The van der Waals surface area contributed by atoms with Crippen molar-refractivity contribution in [3.63, 3.8) is 0 Å². The predicted octanol–water partition coefficient (Wildman–Crippen LogP) is 2.20. The summed E-state index contributed by atoms with van der Waals surface area (Å²) in [5.74, 6) is 0. The van der Waals surface area contributed by atoms with E-state index in [1.807, 2.05) is 30.5 Å². The van der Waals surface area contributed by atoms with Gasteiger partial charge >= 0.3 is 0 Å². The van der Waals surface area contributed by atoms with Crippen molar-refractivity contribution in [3.05, 3.63) is 47.9 Å². The number of imidazole rings is 1. The zero-order chi connectivity index (χ0) is 13.8. The van der Waals surface area contributed by atoms with E-state index in [4.69, 9.17) is 11.6 Å². The van der Waals surface area contributed by atoms with Crippen LogP contribution in [0.1, 0.15) is 5.69 Å². The second-order valence-corrected chi connectivity index (χ2v) is 5.39. The molecule has 3 rings (SSSR count). The lowest BCUT2D eigenvalue weighted by molar-refractivity contribution is 0.136. The fraction of sp³-hybridized carbons (Fsp3) is 0.400. The molecule has 0 spiro atoms. The largest absolute Gasteiger partial charge is 0.307 e. The van der Waals surface area contributed by atoms with Crippen LogP contribution in [0.15, 0.2) is 42.2 Å². The summed E-state index contributed by atoms with van der Waals surface area (Å²) in [4.78, 5) is 9.53. The summed E-state index contributed by atoms with van der Waals surface area (Å²) in [6.45, 7) is 6.24. The minimum absolute atomic E-state index is 0.931. The summed E-state index contributed by atoms with van der Waals surface area (Å²) in [6.07, 6.45) is 6.17. The van der Waals surface area contributed by atoms with Gasteiger partial charge in [-0.05, 0) is 12.1 Å². The van der Waals surface area contributed by atoms with Crippen molar-refractivity contribution in [1.29, 1.82) is 0 Å². The summed E-state index contributed by atoms with van der Waals surface area (Å²) in [6, 6.07) is 6.09. The van der Waals surface area contributed by atoms with Gasteiger partial charge < -0.3 is 4.40 Å². The van der Waals surface area contributed by atoms with Crippen LogP contribution in [0.4, 0.5) is 0 Å². The summed E-state index contributed by atoms with van der Waals surface area (Å²) >= 11 is 5.57. The third-order valence-corrected chi connectivity index (χ3v) is 3.90. The van der Waals surface area contributed by atoms with Crippen molar-refractivity contribution >= 4 is 17.2 Å². The highest BCUT2D eigenvalue weighted by Crippen LogP contribution is 2.10. The van der Waals surface area contributed by atoms with Crippen LogP contribution in [0.2, 0.25) is 0 Å². The number of rotatable bonds is 4. The van der Waals surface area contributed by atoms with Crippen molar-refractivity contribution in [2.45, 2.75) is 6.54 Å². The molecule has 1 aliphatic rings. The molecule has 106 valence electrons. The highest BCUT2D eigenvalue weighted by atomic mass is 35.5. The van der Waals surface area contributed by atoms with E-state index in [2.05, 4.69) is 25.4 Å². The van der Waals surface area contributed by atoms with E-state index in [1.165, 1.54) is 0 Å². The van der Waals surface area contributed by atoms with Crippen LogP contribution >= 0.6 is 11.6 Å². The van der Waals surface area contributed by atoms with Gasteiger partial charge in [-0.1, -0.05) is 23.7 Å². The fourth-order valence-electron chi connectivity index (χ4n) is 2.61. The molecule has 0 atom stereocenters. The van der Waals surface area contributed by atoms with Crippen LogP contribution < -0.4 is 0 Å². The van der Waals surface area contributed by atoms with Gasteiger partial charge in [0.1, 0.15) is 5.65 Å². The molecule has 0 unspecified atom stereocenters. The Balaban J connectivity index is 1.56. The molecule has 5 heteroatoms. The molecule has 1 aliphatic heterocycles. The first-order valence-corrected chi connectivity index (χ1v) is 7.41. The molecule has 3 heterocycles. The molecule has 0 N–H and O–H groups in total. The first-order chi connectivity index (χ1) is 9.85. The minimum Gasteiger partial charge on any atom is -0.307 e. The summed E-state index contributed by atoms with van der Waals surface area (Å²) in [7, 11) is 0. The second-order valence-electron chi connectivity index (χ2n) is 5.14. The van der Waals surface area contributed by atoms with Gasteiger partial charge in [-0.3, -0.25) is 9.80 Å². The Morgan fingerprint density at radius 3 is 2.70 bits per heavy atom. The van der Waals surface area contributed by atoms with Crippen molar-refractivity contribution in [2.24, 2.45) is 0 Å². The Morgan fingerprint density at radius 2 is 1.95 bits per heavy atom. The average Bonchev–Trinajstić information content (AvgIpc) is 2.89. The van der Waals surface area contributed by atoms with E-state index in [1.54, 1.807) is 5.54 Å². The molecule has 2 aromatic heterocycles. The summed E-state index contributed by atoms with van der Waals surface area (Å²) in [5.41, 5.74) is 3.77. The first kappa shape index (κ1) is 13.6. The number of pyridine rings is 1. The van der Waals surface area contributed by atoms with Crippen molar-refractivity contribution < 1.29 is 0 Å². The summed E-state index contributed by atoms with van der Waals surface area (Å²) in [5, 5.41) is 0. The van der Waals surface area contributed by atoms with E-state index in [-0.39, 0.29) is 0 Å². The molecule has 0 saturated carbocycles. The smallest absolute Gasteiger partial charge is 0.137 e. The fourth-order valence-corrected chi connectivity index (χ4v) is 2.69. The van der Waals surface area contributed by atoms with Gasteiger partial charge in [0.2, 0.25) is 0 Å². The van der Waals surface area contributed by atoms with E-state index in [9.17, 15) is 0 Å². The van der Waals surface area contributed by atoms with Gasteiger partial charge in [0, 0.05) is 57.2 Å². The van der Waals surface area contributed by atoms with Crippen LogP contribution in [0.5, 0.6) is 0 Å². The maximum Gasteiger partial charge on any atom is 0.137 e. The molecule has 4 nitrogen and oxygen atoms in total. The van der Waals surface area contributed by atoms with Gasteiger partial charge in [0.25, 0.3) is 0 Å². The Bertz CT molecular complexity index is 551. The predicted molar refractivity (Wildman–Crippen MR) is 81.9 cm³/mol. The standard InChI is InChI=1S/C15H19ClN4/c16-5-3-6-18-8-10-19(11-9-18)12-14-13-20-7-2-1-4-15(20)17-14/h1-5,7,13H,6,8-12H2/b5-3+. The maximum atomic E-state index is 5.57. The lowest BCUT2D eigenvalue weighted by atomic mass is 10.3. The van der Waals surface area contributed by atoms with Gasteiger partial charge in [-0.15, -0.1) is 0 Å². The molecule has 0 aliphatic carbocycles. The molecule has 2 aromatic rings. The lowest BCUT2D eigenvalue weighted by Gasteiger charge is -2.33. The number of fused-ring (bicyclic) bond motifs is 1. The van der Waals surface area contributed by atoms with Crippen molar-refractivity contribution in [3.8, 4) is 0 Å². The molecule has 1 fully saturated rings. The van der Waals surface area contributed by atoms with E-state index in [0.717, 1.165) is 50.6 Å². The van der Waals surface area contributed by atoms with E-state index in [0.29, 0.717) is 0 Å². The molecule has 0 amide bonds. The zero-order valence-corrected chi connectivity index (χ0v) is 12.2. The Morgan fingerprint density at radius 1 is 1.15 bits per heavy atom. The Labute approximate surface area is 124 Å². The Kier molecular flexibility index (Phi) is 4.35. The maximum absolute atomic E-state index is 5.57. The van der Waals surface area contributed by atoms with Gasteiger partial charge in [-0.2, -0.15) is 0 Å². The number of halogens is 1. The van der Waals surface area contributed by atoms with Crippen LogP contribution in [0.3, 0.4) is 0 Å². The third kappa shape index (κ3) is 3.20. The van der Waals surface area contributed by atoms with Crippen LogP contribution in [-0.4, -0.2) is 51.9 Å². The van der Waals surface area contributed by atoms with Crippen LogP contribution in [0, 0.1) is 0 Å². The normalized spacial score (nSPS) is 18.2. The average molecular weight is 291 g/mol. The molecule has 20 heavy (non-hydrogen) atoms. The number of nitrogens with zero attached hydrogens (tertiary/aromatic N) is 4. The molecule has 0 aromatic carbocycles. The van der Waals surface area contributed by atoms with E-state index >= 15 is 0 Å². The quantitative estimate of drug-likeness (QED) is 0.863. The van der Waals surface area contributed by atoms with Gasteiger partial charge in [0.15, 0.2) is 0 Å². The lowest BCUT2D eigenvalue weighted by Crippen LogP contribution is -2.45. The van der Waals surface area contributed by atoms with E-state index < -0.39 is 0 Å². The molecule has 1 saturated heterocycles. The van der Waals surface area contributed by atoms with Crippen molar-refractivity contribution in [1.82, 2.24) is 19.2 Å². The minimum atomic E-state index is 0.931. The molecule has 0 bridgehead atoms. The molecular formula is C15H19ClN4. The SMILES string of the molecule is Cl/C=C/CN1CCN(Cc2cn3ccccc3n2)CC1. The zero-order valence-electron chi connectivity index (χ0n) is 11.5. The summed E-state index contributed by atoms with van der Waals surface area (Å²) < 4.78 is 2.08. The van der Waals surface area contributed by atoms with Gasteiger partial charge in [0.05, 0.1) is 5.69 Å². The second kappa shape index (κ2) is 6.39. The number of aromatic nitrogens is 2. The molecular weight excluding hydrogens is 272 g/mol. The molecule has 0 radical (unpaired) electrons. The van der Waals surface area contributed by atoms with Crippen LogP contribution in [-0.2, 0) is 6.54 Å². The highest BCUT2D eigenvalue weighted by Gasteiger charge is 2.16. The number of piperazine rings is 1.